The molecule has 0 bridgehead atoms. The van der Waals surface area contributed by atoms with Crippen molar-refractivity contribution in [3.63, 3.8) is 0 Å². The standard InChI is InChI=1S/C14H13ClN2O5/c1-16-12(19)8(13(20)17(2)14(16)21)4-7-5-9(15)11(18)10(6-7)22-3/h4-6,18H,1-3H3. The first-order valence-corrected chi connectivity index (χ1v) is 6.54. The molecule has 0 aliphatic carbocycles. The van der Waals surface area contributed by atoms with E-state index in [9.17, 15) is 19.5 Å². The third-order valence-corrected chi connectivity index (χ3v) is 3.51. The first kappa shape index (κ1) is 15.8. The van der Waals surface area contributed by atoms with Crippen LogP contribution in [0.3, 0.4) is 0 Å². The summed E-state index contributed by atoms with van der Waals surface area (Å²) in [6.45, 7) is 0. The van der Waals surface area contributed by atoms with E-state index in [1.807, 2.05) is 0 Å². The van der Waals surface area contributed by atoms with Crippen LogP contribution < -0.4 is 4.74 Å². The maximum Gasteiger partial charge on any atom is 0.333 e. The van der Waals surface area contributed by atoms with Gasteiger partial charge in [-0.2, -0.15) is 0 Å². The van der Waals surface area contributed by atoms with Crippen molar-refractivity contribution in [1.82, 2.24) is 9.80 Å². The van der Waals surface area contributed by atoms with Crippen LogP contribution in [0.4, 0.5) is 4.79 Å². The fraction of sp³-hybridized carbons (Fsp3) is 0.214. The number of urea groups is 1. The SMILES string of the molecule is COc1cc(C=C2C(=O)N(C)C(=O)N(C)C2=O)cc(Cl)c1O. The van der Waals surface area contributed by atoms with Gasteiger partial charge in [-0.15, -0.1) is 0 Å². The molecule has 2 rings (SSSR count). The molecule has 7 nitrogen and oxygen atoms in total. The summed E-state index contributed by atoms with van der Waals surface area (Å²) in [5, 5.41) is 9.69. The van der Waals surface area contributed by atoms with Crippen molar-refractivity contribution in [2.45, 2.75) is 0 Å². The van der Waals surface area contributed by atoms with Crippen LogP contribution in [-0.4, -0.2) is 54.0 Å². The third kappa shape index (κ3) is 2.50. The van der Waals surface area contributed by atoms with Crippen LogP contribution in [0.15, 0.2) is 17.7 Å². The Balaban J connectivity index is 2.52. The van der Waals surface area contributed by atoms with Crippen molar-refractivity contribution in [2.24, 2.45) is 0 Å². The molecule has 0 saturated carbocycles. The van der Waals surface area contributed by atoms with E-state index in [-0.39, 0.29) is 22.1 Å². The Labute approximate surface area is 131 Å². The summed E-state index contributed by atoms with van der Waals surface area (Å²) in [5.41, 5.74) is 0.195. The zero-order valence-electron chi connectivity index (χ0n) is 12.1. The molecule has 116 valence electrons. The van der Waals surface area contributed by atoms with Gasteiger partial charge >= 0.3 is 6.03 Å². The van der Waals surface area contributed by atoms with E-state index in [0.717, 1.165) is 9.80 Å². The second kappa shape index (κ2) is 5.69. The number of ether oxygens (including phenoxy) is 1. The van der Waals surface area contributed by atoms with Gasteiger partial charge in [0.05, 0.1) is 12.1 Å². The number of aromatic hydroxyl groups is 1. The van der Waals surface area contributed by atoms with Crippen LogP contribution in [-0.2, 0) is 9.59 Å². The van der Waals surface area contributed by atoms with Gasteiger partial charge in [-0.25, -0.2) is 4.79 Å². The van der Waals surface area contributed by atoms with Gasteiger partial charge in [0.1, 0.15) is 5.57 Å². The highest BCUT2D eigenvalue weighted by Crippen LogP contribution is 2.35. The van der Waals surface area contributed by atoms with E-state index in [4.69, 9.17) is 16.3 Å². The van der Waals surface area contributed by atoms with Crippen LogP contribution in [0.1, 0.15) is 5.56 Å². The van der Waals surface area contributed by atoms with Gasteiger partial charge in [-0.05, 0) is 23.8 Å². The lowest BCUT2D eigenvalue weighted by atomic mass is 10.1. The molecule has 1 aliphatic rings. The number of rotatable bonds is 2. The van der Waals surface area contributed by atoms with Crippen molar-refractivity contribution in [1.29, 1.82) is 0 Å². The van der Waals surface area contributed by atoms with Crippen molar-refractivity contribution in [3.8, 4) is 11.5 Å². The monoisotopic (exact) mass is 324 g/mol. The zero-order valence-corrected chi connectivity index (χ0v) is 12.8. The topological polar surface area (TPSA) is 87.2 Å². The number of benzene rings is 1. The van der Waals surface area contributed by atoms with Crippen LogP contribution in [0.5, 0.6) is 11.5 Å². The molecule has 0 atom stereocenters. The highest BCUT2D eigenvalue weighted by molar-refractivity contribution is 6.33. The normalized spacial score (nSPS) is 15.5. The molecule has 1 aromatic carbocycles. The highest BCUT2D eigenvalue weighted by atomic mass is 35.5. The van der Waals surface area contributed by atoms with Gasteiger partial charge in [-0.1, -0.05) is 11.6 Å². The van der Waals surface area contributed by atoms with E-state index in [1.165, 1.54) is 39.4 Å². The maximum absolute atomic E-state index is 12.1. The number of hydrogen-bond acceptors (Lipinski definition) is 5. The van der Waals surface area contributed by atoms with Crippen LogP contribution >= 0.6 is 11.6 Å². The predicted molar refractivity (Wildman–Crippen MR) is 78.6 cm³/mol. The number of carbonyl (C=O) groups excluding carboxylic acids is 3. The minimum atomic E-state index is -0.712. The average molecular weight is 325 g/mol. The first-order valence-electron chi connectivity index (χ1n) is 6.16. The van der Waals surface area contributed by atoms with E-state index >= 15 is 0 Å². The van der Waals surface area contributed by atoms with Crippen LogP contribution in [0.2, 0.25) is 5.02 Å². The molecular weight excluding hydrogens is 312 g/mol. The minimum absolute atomic E-state index is 0.0136. The number of barbiturate groups is 1. The lowest BCUT2D eigenvalue weighted by Crippen LogP contribution is -2.52. The summed E-state index contributed by atoms with van der Waals surface area (Å²) in [5.74, 6) is -1.56. The summed E-state index contributed by atoms with van der Waals surface area (Å²) in [7, 11) is 3.91. The van der Waals surface area contributed by atoms with Gasteiger partial charge in [0.15, 0.2) is 11.5 Å². The summed E-state index contributed by atoms with van der Waals surface area (Å²) in [6, 6.07) is 2.10. The largest absolute Gasteiger partial charge is 0.503 e. The number of phenolic OH excluding ortho intramolecular Hbond substituents is 1. The Morgan fingerprint density at radius 3 is 2.18 bits per heavy atom. The third-order valence-electron chi connectivity index (χ3n) is 3.23. The molecule has 0 aromatic heterocycles. The zero-order chi connectivity index (χ0) is 16.6. The number of imide groups is 2. The smallest absolute Gasteiger partial charge is 0.333 e. The Kier molecular flexibility index (Phi) is 4.09. The number of likely N-dealkylation sites (N-methyl/N-ethyl adjacent to an activating group) is 2. The summed E-state index contributed by atoms with van der Waals surface area (Å²) in [4.78, 5) is 37.5. The van der Waals surface area contributed by atoms with Gasteiger partial charge in [0.2, 0.25) is 0 Å². The molecule has 1 aromatic rings. The van der Waals surface area contributed by atoms with E-state index in [1.54, 1.807) is 0 Å². The number of amides is 4. The minimum Gasteiger partial charge on any atom is -0.503 e. The van der Waals surface area contributed by atoms with Crippen LogP contribution in [0, 0.1) is 0 Å². The number of hydrogen-bond donors (Lipinski definition) is 1. The predicted octanol–water partition coefficient (Wildman–Crippen LogP) is 1.49. The summed E-state index contributed by atoms with van der Waals surface area (Å²) < 4.78 is 4.96. The van der Waals surface area contributed by atoms with Gasteiger partial charge < -0.3 is 9.84 Å². The number of halogens is 1. The average Bonchev–Trinajstić information content (AvgIpc) is 2.50. The van der Waals surface area contributed by atoms with Crippen molar-refractivity contribution in [3.05, 3.63) is 28.3 Å². The molecule has 1 N–H and O–H groups in total. The summed E-state index contributed by atoms with van der Waals surface area (Å²) in [6.07, 6.45) is 1.29. The molecule has 0 unspecified atom stereocenters. The van der Waals surface area contributed by atoms with E-state index < -0.39 is 17.8 Å². The van der Waals surface area contributed by atoms with Crippen molar-refractivity contribution in [2.75, 3.05) is 21.2 Å². The Morgan fingerprint density at radius 1 is 1.14 bits per heavy atom. The van der Waals surface area contributed by atoms with Crippen molar-refractivity contribution >= 4 is 35.5 Å². The molecule has 0 spiro atoms. The molecule has 4 amide bonds. The van der Waals surface area contributed by atoms with Crippen molar-refractivity contribution < 1.29 is 24.2 Å². The first-order chi connectivity index (χ1) is 10.3. The Bertz CT molecular complexity index is 687. The fourth-order valence-corrected chi connectivity index (χ4v) is 2.19. The lowest BCUT2D eigenvalue weighted by molar-refractivity contribution is -0.134. The molecule has 1 heterocycles. The number of nitrogens with zero attached hydrogens (tertiary/aromatic N) is 2. The quantitative estimate of drug-likeness (QED) is 0.658. The molecule has 1 saturated heterocycles. The van der Waals surface area contributed by atoms with E-state index in [0.29, 0.717) is 5.56 Å². The molecule has 8 heteroatoms. The highest BCUT2D eigenvalue weighted by Gasteiger charge is 2.37. The van der Waals surface area contributed by atoms with E-state index in [2.05, 4.69) is 0 Å². The fourth-order valence-electron chi connectivity index (χ4n) is 1.97. The molecule has 1 aliphatic heterocycles. The summed E-state index contributed by atoms with van der Waals surface area (Å²) >= 11 is 5.86. The number of methoxy groups -OCH3 is 1. The maximum atomic E-state index is 12.1. The molecule has 1 fully saturated rings. The van der Waals surface area contributed by atoms with Gasteiger partial charge in [-0.3, -0.25) is 19.4 Å². The second-order valence-electron chi connectivity index (χ2n) is 4.62. The lowest BCUT2D eigenvalue weighted by Gasteiger charge is -2.28. The molecule has 22 heavy (non-hydrogen) atoms. The van der Waals surface area contributed by atoms with Gasteiger partial charge in [0, 0.05) is 14.1 Å². The Hall–Kier alpha value is -2.54. The number of carbonyl (C=O) groups is 3. The molecule has 0 radical (unpaired) electrons. The molecular formula is C14H13ClN2O5. The van der Waals surface area contributed by atoms with Crippen LogP contribution in [0.25, 0.3) is 6.08 Å². The van der Waals surface area contributed by atoms with Gasteiger partial charge in [0.25, 0.3) is 11.8 Å². The Morgan fingerprint density at radius 2 is 1.68 bits per heavy atom. The second-order valence-corrected chi connectivity index (χ2v) is 5.03. The number of phenols is 1.